The molecule has 0 radical (unpaired) electrons. The Hall–Kier alpha value is -2.15. The molecule has 2 heterocycles. The number of hydrogen-bond acceptors (Lipinski definition) is 7. The summed E-state index contributed by atoms with van der Waals surface area (Å²) in [5.41, 5.74) is 0.428. The number of methoxy groups -OCH3 is 2. The zero-order valence-corrected chi connectivity index (χ0v) is 19.0. The van der Waals surface area contributed by atoms with E-state index in [0.29, 0.717) is 23.7 Å². The molecule has 0 bridgehead atoms. The fourth-order valence-corrected chi connectivity index (χ4v) is 6.36. The van der Waals surface area contributed by atoms with Crippen LogP contribution in [0.2, 0.25) is 0 Å². The number of ether oxygens (including phenoxy) is 2. The van der Waals surface area contributed by atoms with Gasteiger partial charge in [-0.2, -0.15) is 13.7 Å². The van der Waals surface area contributed by atoms with Crippen LogP contribution in [0.5, 0.6) is 11.5 Å². The third kappa shape index (κ3) is 4.04. The molecule has 166 valence electrons. The van der Waals surface area contributed by atoms with Crippen LogP contribution in [0, 0.1) is 6.92 Å². The standard InChI is InChI=1S/C18H26N4O6S2/c1-5-20-13-18(14(2)19-20)30(25,26)22-10-8-21(9-11-22)29(23,24)15-6-7-16(27-3)17(12-15)28-4/h6-7,12-13H,5,8-11H2,1-4H3. The number of hydrogen-bond donors (Lipinski definition) is 0. The van der Waals surface area contributed by atoms with Crippen molar-refractivity contribution in [1.82, 2.24) is 18.4 Å². The maximum absolute atomic E-state index is 13.0. The van der Waals surface area contributed by atoms with Crippen molar-refractivity contribution in [2.75, 3.05) is 40.4 Å². The van der Waals surface area contributed by atoms with Gasteiger partial charge in [0, 0.05) is 45.0 Å². The first-order valence-electron chi connectivity index (χ1n) is 9.41. The molecule has 0 unspecified atom stereocenters. The van der Waals surface area contributed by atoms with Gasteiger partial charge in [0.15, 0.2) is 11.5 Å². The Bertz CT molecular complexity index is 1120. The topological polar surface area (TPSA) is 111 Å². The van der Waals surface area contributed by atoms with Gasteiger partial charge in [-0.05, 0) is 26.0 Å². The van der Waals surface area contributed by atoms with Crippen molar-refractivity contribution in [1.29, 1.82) is 0 Å². The zero-order chi connectivity index (χ0) is 22.1. The number of rotatable bonds is 7. The van der Waals surface area contributed by atoms with Crippen molar-refractivity contribution in [3.05, 3.63) is 30.1 Å². The quantitative estimate of drug-likeness (QED) is 0.607. The Morgan fingerprint density at radius 3 is 2.00 bits per heavy atom. The highest BCUT2D eigenvalue weighted by molar-refractivity contribution is 7.89. The van der Waals surface area contributed by atoms with Crippen LogP contribution in [0.3, 0.4) is 0 Å². The van der Waals surface area contributed by atoms with Gasteiger partial charge in [0.1, 0.15) is 4.90 Å². The highest BCUT2D eigenvalue weighted by atomic mass is 32.2. The average molecular weight is 459 g/mol. The van der Waals surface area contributed by atoms with Crippen molar-refractivity contribution >= 4 is 20.0 Å². The highest BCUT2D eigenvalue weighted by Gasteiger charge is 2.35. The molecule has 0 spiro atoms. The van der Waals surface area contributed by atoms with Crippen LogP contribution in [0.1, 0.15) is 12.6 Å². The molecule has 3 rings (SSSR count). The molecule has 0 aliphatic carbocycles. The molecule has 30 heavy (non-hydrogen) atoms. The molecular weight excluding hydrogens is 432 g/mol. The Morgan fingerprint density at radius 1 is 0.933 bits per heavy atom. The first-order valence-corrected chi connectivity index (χ1v) is 12.3. The predicted molar refractivity (Wildman–Crippen MR) is 110 cm³/mol. The van der Waals surface area contributed by atoms with Crippen LogP contribution < -0.4 is 9.47 Å². The monoisotopic (exact) mass is 458 g/mol. The molecule has 0 N–H and O–H groups in total. The number of nitrogens with zero attached hydrogens (tertiary/aromatic N) is 4. The van der Waals surface area contributed by atoms with Crippen molar-refractivity contribution in [2.45, 2.75) is 30.2 Å². The zero-order valence-electron chi connectivity index (χ0n) is 17.4. The predicted octanol–water partition coefficient (Wildman–Crippen LogP) is 0.924. The van der Waals surface area contributed by atoms with Crippen LogP contribution in [0.25, 0.3) is 0 Å². The second-order valence-corrected chi connectivity index (χ2v) is 10.6. The number of benzene rings is 1. The van der Waals surface area contributed by atoms with E-state index in [0.717, 1.165) is 0 Å². The maximum Gasteiger partial charge on any atom is 0.246 e. The third-order valence-corrected chi connectivity index (χ3v) is 8.93. The van der Waals surface area contributed by atoms with Gasteiger partial charge in [-0.1, -0.05) is 0 Å². The van der Waals surface area contributed by atoms with E-state index in [1.165, 1.54) is 47.2 Å². The molecule has 12 heteroatoms. The van der Waals surface area contributed by atoms with Crippen molar-refractivity contribution in [2.24, 2.45) is 0 Å². The fraction of sp³-hybridized carbons (Fsp3) is 0.500. The van der Waals surface area contributed by atoms with E-state index in [2.05, 4.69) is 5.10 Å². The van der Waals surface area contributed by atoms with Gasteiger partial charge in [0.05, 0.1) is 24.8 Å². The largest absolute Gasteiger partial charge is 0.493 e. The summed E-state index contributed by atoms with van der Waals surface area (Å²) < 4.78 is 66.5. The minimum absolute atomic E-state index is 0.0525. The Morgan fingerprint density at radius 2 is 1.50 bits per heavy atom. The molecule has 1 saturated heterocycles. The van der Waals surface area contributed by atoms with Crippen molar-refractivity contribution < 1.29 is 26.3 Å². The Labute approximate surface area is 177 Å². The van der Waals surface area contributed by atoms with Gasteiger partial charge in [-0.3, -0.25) is 4.68 Å². The van der Waals surface area contributed by atoms with Crippen molar-refractivity contribution in [3.8, 4) is 11.5 Å². The van der Waals surface area contributed by atoms with Crippen molar-refractivity contribution in [3.63, 3.8) is 0 Å². The molecule has 1 aromatic heterocycles. The first-order chi connectivity index (χ1) is 14.1. The summed E-state index contributed by atoms with van der Waals surface area (Å²) in [5, 5.41) is 4.20. The molecule has 2 aromatic rings. The molecule has 1 aliphatic rings. The minimum atomic E-state index is -3.80. The normalized spacial score (nSPS) is 16.5. The molecule has 1 fully saturated rings. The minimum Gasteiger partial charge on any atom is -0.493 e. The van der Waals surface area contributed by atoms with Crippen LogP contribution >= 0.6 is 0 Å². The maximum atomic E-state index is 13.0. The molecule has 0 atom stereocenters. The molecule has 1 aromatic carbocycles. The van der Waals surface area contributed by atoms with Gasteiger partial charge >= 0.3 is 0 Å². The number of piperazine rings is 1. The fourth-order valence-electron chi connectivity index (χ4n) is 3.33. The number of aromatic nitrogens is 2. The van der Waals surface area contributed by atoms with Gasteiger partial charge in [0.2, 0.25) is 20.0 Å². The van der Waals surface area contributed by atoms with Crippen LogP contribution in [0.15, 0.2) is 34.2 Å². The van der Waals surface area contributed by atoms with Crippen LogP contribution in [0.4, 0.5) is 0 Å². The second kappa shape index (κ2) is 8.53. The molecular formula is C18H26N4O6S2. The van der Waals surface area contributed by atoms with Gasteiger partial charge < -0.3 is 9.47 Å². The highest BCUT2D eigenvalue weighted by Crippen LogP contribution is 2.31. The molecule has 10 nitrogen and oxygen atoms in total. The summed E-state index contributed by atoms with van der Waals surface area (Å²) in [7, 11) is -4.64. The lowest BCUT2D eigenvalue weighted by atomic mass is 10.3. The van der Waals surface area contributed by atoms with E-state index in [9.17, 15) is 16.8 Å². The van der Waals surface area contributed by atoms with E-state index in [1.807, 2.05) is 6.92 Å². The molecule has 1 aliphatic heterocycles. The third-order valence-electron chi connectivity index (χ3n) is 5.03. The van der Waals surface area contributed by atoms with Crippen LogP contribution in [-0.2, 0) is 26.6 Å². The Kier molecular flexibility index (Phi) is 6.41. The summed E-state index contributed by atoms with van der Waals surface area (Å²) in [6, 6.07) is 4.38. The van der Waals surface area contributed by atoms with Gasteiger partial charge in [-0.25, -0.2) is 16.8 Å². The summed E-state index contributed by atoms with van der Waals surface area (Å²) in [6.07, 6.45) is 1.51. The Balaban J connectivity index is 1.78. The summed E-state index contributed by atoms with van der Waals surface area (Å²) in [5.74, 6) is 0.735. The summed E-state index contributed by atoms with van der Waals surface area (Å²) in [4.78, 5) is 0.220. The molecule has 0 saturated carbocycles. The smallest absolute Gasteiger partial charge is 0.246 e. The van der Waals surface area contributed by atoms with E-state index < -0.39 is 20.0 Å². The number of aryl methyl sites for hydroxylation is 2. The first kappa shape index (κ1) is 22.5. The number of sulfonamides is 2. The SMILES string of the molecule is CCn1cc(S(=O)(=O)N2CCN(S(=O)(=O)c3ccc(OC)c(OC)c3)CC2)c(C)n1. The molecule has 0 amide bonds. The lowest BCUT2D eigenvalue weighted by molar-refractivity contribution is 0.272. The van der Waals surface area contributed by atoms with Crippen LogP contribution in [-0.4, -0.2) is 75.6 Å². The lowest BCUT2D eigenvalue weighted by Gasteiger charge is -2.33. The second-order valence-electron chi connectivity index (χ2n) is 6.76. The lowest BCUT2D eigenvalue weighted by Crippen LogP contribution is -2.50. The van der Waals surface area contributed by atoms with E-state index in [-0.39, 0.29) is 36.0 Å². The van der Waals surface area contributed by atoms with E-state index in [4.69, 9.17) is 9.47 Å². The van der Waals surface area contributed by atoms with E-state index >= 15 is 0 Å². The van der Waals surface area contributed by atoms with Gasteiger partial charge in [0.25, 0.3) is 0 Å². The summed E-state index contributed by atoms with van der Waals surface area (Å²) in [6.45, 7) is 4.32. The average Bonchev–Trinajstić information content (AvgIpc) is 3.14. The van der Waals surface area contributed by atoms with Gasteiger partial charge in [-0.15, -0.1) is 0 Å². The van der Waals surface area contributed by atoms with E-state index in [1.54, 1.807) is 11.6 Å². The summed E-state index contributed by atoms with van der Waals surface area (Å²) >= 11 is 0.